The summed E-state index contributed by atoms with van der Waals surface area (Å²) < 4.78 is 44.9. The summed E-state index contributed by atoms with van der Waals surface area (Å²) in [5.74, 6) is -0.857. The number of hydrogen-bond donors (Lipinski definition) is 1. The van der Waals surface area contributed by atoms with Gasteiger partial charge in [-0.05, 0) is 19.8 Å². The highest BCUT2D eigenvalue weighted by molar-refractivity contribution is 5.83. The summed E-state index contributed by atoms with van der Waals surface area (Å²) in [5, 5.41) is 0. The Hall–Kier alpha value is -1.94. The molecule has 142 valence electrons. The molecule has 0 aliphatic carbocycles. The van der Waals surface area contributed by atoms with Crippen LogP contribution in [0.25, 0.3) is 11.2 Å². The normalized spacial score (nSPS) is 23.7. The monoisotopic (exact) mass is 370 g/mol. The highest BCUT2D eigenvalue weighted by Crippen LogP contribution is 2.32. The van der Waals surface area contributed by atoms with Gasteiger partial charge in [-0.2, -0.15) is 13.2 Å². The minimum absolute atomic E-state index is 0.0476. The maximum absolute atomic E-state index is 13.1. The van der Waals surface area contributed by atoms with E-state index < -0.39 is 12.0 Å². The Morgan fingerprint density at radius 2 is 1.96 bits per heavy atom. The Labute approximate surface area is 148 Å². The molecule has 0 amide bonds. The van der Waals surface area contributed by atoms with Crippen LogP contribution in [0.3, 0.4) is 0 Å². The van der Waals surface area contributed by atoms with Gasteiger partial charge >= 0.3 is 6.18 Å². The van der Waals surface area contributed by atoms with Crippen LogP contribution in [-0.4, -0.2) is 69.8 Å². The molecular weight excluding hydrogens is 349 g/mol. The third-order valence-corrected chi connectivity index (χ3v) is 5.07. The van der Waals surface area contributed by atoms with Gasteiger partial charge in [-0.25, -0.2) is 15.0 Å². The molecule has 0 bridgehead atoms. The van der Waals surface area contributed by atoms with Gasteiger partial charge in [0.2, 0.25) is 5.82 Å². The summed E-state index contributed by atoms with van der Waals surface area (Å²) >= 11 is 0. The predicted molar refractivity (Wildman–Crippen MR) is 88.9 cm³/mol. The molecule has 2 aromatic rings. The van der Waals surface area contributed by atoms with Crippen molar-refractivity contribution >= 4 is 17.0 Å². The van der Waals surface area contributed by atoms with E-state index in [1.165, 1.54) is 6.33 Å². The van der Waals surface area contributed by atoms with E-state index in [0.29, 0.717) is 24.6 Å². The molecule has 2 aromatic heterocycles. The van der Waals surface area contributed by atoms with Gasteiger partial charge in [0.05, 0.1) is 19.0 Å². The van der Waals surface area contributed by atoms with E-state index in [1.54, 1.807) is 0 Å². The number of aromatic amines is 1. The molecule has 1 atom stereocenters. The second-order valence-corrected chi connectivity index (χ2v) is 6.86. The molecule has 4 rings (SSSR count). The van der Waals surface area contributed by atoms with E-state index in [-0.39, 0.29) is 17.6 Å². The second kappa shape index (κ2) is 6.66. The van der Waals surface area contributed by atoms with Gasteiger partial charge < -0.3 is 14.6 Å². The van der Waals surface area contributed by atoms with Crippen molar-refractivity contribution in [1.29, 1.82) is 0 Å². The van der Waals surface area contributed by atoms with Crippen LogP contribution in [0.1, 0.15) is 25.6 Å². The molecule has 1 N–H and O–H groups in total. The zero-order chi connectivity index (χ0) is 18.3. The van der Waals surface area contributed by atoms with Gasteiger partial charge in [0.25, 0.3) is 0 Å². The van der Waals surface area contributed by atoms with E-state index in [1.807, 2.05) is 4.90 Å². The Morgan fingerprint density at radius 3 is 2.65 bits per heavy atom. The zero-order valence-electron chi connectivity index (χ0n) is 14.5. The second-order valence-electron chi connectivity index (χ2n) is 6.86. The smallest absolute Gasteiger partial charge is 0.376 e. The average Bonchev–Trinajstić information content (AvgIpc) is 3.09. The SMILES string of the molecule is CC1CN(C2CCN(c3nc(C(F)(F)F)nc4nc[nH]c34)CC2)CCO1. The number of halogens is 3. The van der Waals surface area contributed by atoms with Crippen molar-refractivity contribution < 1.29 is 17.9 Å². The van der Waals surface area contributed by atoms with Crippen LogP contribution in [0.2, 0.25) is 0 Å². The van der Waals surface area contributed by atoms with Crippen molar-refractivity contribution in [3.63, 3.8) is 0 Å². The average molecular weight is 370 g/mol. The fraction of sp³-hybridized carbons (Fsp3) is 0.688. The van der Waals surface area contributed by atoms with Gasteiger partial charge in [0.1, 0.15) is 5.52 Å². The van der Waals surface area contributed by atoms with E-state index in [2.05, 4.69) is 31.8 Å². The summed E-state index contributed by atoms with van der Waals surface area (Å²) in [4.78, 5) is 18.4. The first kappa shape index (κ1) is 17.5. The Bertz CT molecular complexity index is 771. The minimum Gasteiger partial charge on any atom is -0.376 e. The molecule has 2 saturated heterocycles. The number of hydrogen-bond acceptors (Lipinski definition) is 6. The standard InChI is InChI=1S/C16H21F3N6O/c1-10-8-25(6-7-26-10)11-2-4-24(5-3-11)14-12-13(21-9-20-12)22-15(23-14)16(17,18)19/h9-11H,2-8H2,1H3,(H,20,21,22,23). The number of anilines is 1. The number of nitrogens with one attached hydrogen (secondary N) is 1. The van der Waals surface area contributed by atoms with Gasteiger partial charge in [-0.15, -0.1) is 0 Å². The molecule has 0 saturated carbocycles. The van der Waals surface area contributed by atoms with Crippen LogP contribution in [0.4, 0.5) is 19.0 Å². The summed E-state index contributed by atoms with van der Waals surface area (Å²) in [6, 6.07) is 0.429. The molecule has 2 aliphatic heterocycles. The number of alkyl halides is 3. The quantitative estimate of drug-likeness (QED) is 0.873. The van der Waals surface area contributed by atoms with Crippen molar-refractivity contribution in [2.75, 3.05) is 37.7 Å². The molecule has 1 unspecified atom stereocenters. The van der Waals surface area contributed by atoms with E-state index in [4.69, 9.17) is 4.74 Å². The predicted octanol–water partition coefficient (Wildman–Crippen LogP) is 2.06. The number of H-pyrrole nitrogens is 1. The lowest BCUT2D eigenvalue weighted by molar-refractivity contribution is -0.144. The first-order valence-electron chi connectivity index (χ1n) is 8.81. The summed E-state index contributed by atoms with van der Waals surface area (Å²) in [6.45, 7) is 5.91. The number of piperidine rings is 1. The summed E-state index contributed by atoms with van der Waals surface area (Å²) in [6.07, 6.45) is -1.25. The van der Waals surface area contributed by atoms with Crippen molar-refractivity contribution in [2.24, 2.45) is 0 Å². The third-order valence-electron chi connectivity index (χ3n) is 5.07. The lowest BCUT2D eigenvalue weighted by atomic mass is 10.0. The number of imidazole rings is 1. The van der Waals surface area contributed by atoms with Crippen LogP contribution in [0, 0.1) is 0 Å². The molecule has 0 aromatic carbocycles. The third kappa shape index (κ3) is 3.35. The number of nitrogens with zero attached hydrogens (tertiary/aromatic N) is 5. The number of aromatic nitrogens is 4. The molecule has 4 heterocycles. The first-order chi connectivity index (χ1) is 12.4. The lowest BCUT2D eigenvalue weighted by Gasteiger charge is -2.42. The van der Waals surface area contributed by atoms with Crippen molar-refractivity contribution in [2.45, 2.75) is 38.1 Å². The van der Waals surface area contributed by atoms with Crippen LogP contribution < -0.4 is 4.90 Å². The zero-order valence-corrected chi connectivity index (χ0v) is 14.5. The van der Waals surface area contributed by atoms with Crippen molar-refractivity contribution in [3.8, 4) is 0 Å². The fourth-order valence-corrected chi connectivity index (χ4v) is 3.79. The van der Waals surface area contributed by atoms with E-state index in [9.17, 15) is 13.2 Å². The van der Waals surface area contributed by atoms with Crippen LogP contribution in [0.5, 0.6) is 0 Å². The maximum Gasteiger partial charge on any atom is 0.451 e. The topological polar surface area (TPSA) is 70.2 Å². The molecule has 10 heteroatoms. The highest BCUT2D eigenvalue weighted by atomic mass is 19.4. The van der Waals surface area contributed by atoms with E-state index >= 15 is 0 Å². The molecule has 0 spiro atoms. The molecule has 26 heavy (non-hydrogen) atoms. The lowest BCUT2D eigenvalue weighted by Crippen LogP contribution is -2.51. The van der Waals surface area contributed by atoms with Gasteiger partial charge in [0.15, 0.2) is 11.5 Å². The number of morpholine rings is 1. The minimum atomic E-state index is -4.59. The van der Waals surface area contributed by atoms with Crippen LogP contribution >= 0.6 is 0 Å². The number of rotatable bonds is 2. The van der Waals surface area contributed by atoms with Crippen LogP contribution in [-0.2, 0) is 10.9 Å². The fourth-order valence-electron chi connectivity index (χ4n) is 3.79. The highest BCUT2D eigenvalue weighted by Gasteiger charge is 2.37. The van der Waals surface area contributed by atoms with Crippen molar-refractivity contribution in [3.05, 3.63) is 12.2 Å². The van der Waals surface area contributed by atoms with Gasteiger partial charge in [0, 0.05) is 32.2 Å². The summed E-state index contributed by atoms with van der Waals surface area (Å²) in [7, 11) is 0. The first-order valence-corrected chi connectivity index (χ1v) is 8.81. The summed E-state index contributed by atoms with van der Waals surface area (Å²) in [5.41, 5.74) is 0.503. The maximum atomic E-state index is 13.1. The molecule has 2 fully saturated rings. The molecule has 7 nitrogen and oxygen atoms in total. The molecule has 2 aliphatic rings. The van der Waals surface area contributed by atoms with Crippen LogP contribution in [0.15, 0.2) is 6.33 Å². The number of ether oxygens (including phenoxy) is 1. The van der Waals surface area contributed by atoms with Crippen molar-refractivity contribution in [1.82, 2.24) is 24.8 Å². The Balaban J connectivity index is 1.53. The molecular formula is C16H21F3N6O. The largest absolute Gasteiger partial charge is 0.451 e. The number of fused-ring (bicyclic) bond motifs is 1. The molecule has 0 radical (unpaired) electrons. The van der Waals surface area contributed by atoms with Gasteiger partial charge in [-0.1, -0.05) is 0 Å². The Kier molecular flexibility index (Phi) is 4.47. The Morgan fingerprint density at radius 1 is 1.19 bits per heavy atom. The van der Waals surface area contributed by atoms with E-state index in [0.717, 1.165) is 32.5 Å². The van der Waals surface area contributed by atoms with Gasteiger partial charge in [-0.3, -0.25) is 4.90 Å².